The van der Waals surface area contributed by atoms with Crippen LogP contribution in [0, 0.1) is 0 Å². The molecule has 9 heteroatoms. The van der Waals surface area contributed by atoms with Gasteiger partial charge < -0.3 is 15.4 Å². The van der Waals surface area contributed by atoms with E-state index in [0.717, 1.165) is 66.7 Å². The Hall–Kier alpha value is -3.13. The molecule has 46 heavy (non-hydrogen) atoms. The fourth-order valence-electron chi connectivity index (χ4n) is 6.68. The molecule has 1 aliphatic carbocycles. The van der Waals surface area contributed by atoms with Crippen LogP contribution in [0.3, 0.4) is 0 Å². The van der Waals surface area contributed by atoms with E-state index in [2.05, 4.69) is 79.7 Å². The maximum absolute atomic E-state index is 14.1. The van der Waals surface area contributed by atoms with Gasteiger partial charge in [-0.2, -0.15) is 0 Å². The molecule has 6 rings (SSSR count). The first-order valence-electron chi connectivity index (χ1n) is 15.9. The summed E-state index contributed by atoms with van der Waals surface area (Å²) in [4.78, 5) is 29.7. The van der Waals surface area contributed by atoms with E-state index in [1.807, 2.05) is 66.7 Å². The molecule has 238 valence electrons. The smallest absolute Gasteiger partial charge is 0.255 e. The summed E-state index contributed by atoms with van der Waals surface area (Å²) in [5.74, 6) is 0.540. The molecule has 0 saturated carbocycles. The molecule has 0 radical (unpaired) electrons. The summed E-state index contributed by atoms with van der Waals surface area (Å²) in [6, 6.07) is 34.2. The van der Waals surface area contributed by atoms with E-state index in [1.54, 1.807) is 0 Å². The summed E-state index contributed by atoms with van der Waals surface area (Å²) < 4.78 is 5.75. The van der Waals surface area contributed by atoms with E-state index in [1.165, 1.54) is 0 Å². The molecular formula is C37H42N3O3P3. The van der Waals surface area contributed by atoms with Crippen molar-refractivity contribution in [2.24, 2.45) is 0 Å². The molecule has 1 fully saturated rings. The molecule has 6 nitrogen and oxygen atoms in total. The zero-order chi connectivity index (χ0) is 32.1. The van der Waals surface area contributed by atoms with Gasteiger partial charge in [0.2, 0.25) is 5.91 Å². The molecule has 1 heterocycles. The number of unbranched alkanes of at least 4 members (excludes halogenated alkanes) is 1. The third-order valence-corrected chi connectivity index (χ3v) is 9.56. The van der Waals surface area contributed by atoms with Crippen LogP contribution in [0.15, 0.2) is 103 Å². The standard InChI is InChI=1S/C37H42N3O3P3/c41-34(30-16-6-9-19-33(30)43-24-26-12-2-1-3-13-26)39-27-22-40(23-27)21-11-10-20-36(35(42)38-25-37(44,45)46)31-17-7-4-14-28(31)29-15-5-8-18-32(29)36/h1-9,12-19,27H,10-11,20-25,44-46H2,(H,38,42)(H,39,41). The minimum absolute atomic E-state index is 0.0568. The maximum Gasteiger partial charge on any atom is 0.255 e. The molecule has 2 amide bonds. The van der Waals surface area contributed by atoms with Crippen LogP contribution in [0.5, 0.6) is 5.75 Å². The fourth-order valence-corrected chi connectivity index (χ4v) is 6.99. The Bertz CT molecular complexity index is 1640. The van der Waals surface area contributed by atoms with Crippen LogP contribution >= 0.6 is 27.7 Å². The monoisotopic (exact) mass is 669 g/mol. The van der Waals surface area contributed by atoms with Crippen LogP contribution in [0.25, 0.3) is 11.1 Å². The van der Waals surface area contributed by atoms with Crippen molar-refractivity contribution in [2.75, 3.05) is 26.2 Å². The van der Waals surface area contributed by atoms with E-state index < -0.39 is 5.41 Å². The number of rotatable bonds is 13. The topological polar surface area (TPSA) is 70.7 Å². The molecule has 2 aliphatic rings. The zero-order valence-electron chi connectivity index (χ0n) is 26.0. The van der Waals surface area contributed by atoms with E-state index in [0.29, 0.717) is 24.5 Å². The van der Waals surface area contributed by atoms with Crippen LogP contribution in [-0.2, 0) is 16.8 Å². The number of hydrogen-bond acceptors (Lipinski definition) is 4. The molecule has 1 saturated heterocycles. The Kier molecular flexibility index (Phi) is 10.2. The lowest BCUT2D eigenvalue weighted by atomic mass is 9.73. The van der Waals surface area contributed by atoms with Crippen LogP contribution < -0.4 is 15.4 Å². The van der Waals surface area contributed by atoms with Crippen LogP contribution in [0.4, 0.5) is 0 Å². The van der Waals surface area contributed by atoms with Crippen molar-refractivity contribution in [1.29, 1.82) is 0 Å². The number of nitrogens with zero attached hydrogens (tertiary/aromatic N) is 1. The summed E-state index contributed by atoms with van der Waals surface area (Å²) >= 11 is 0. The molecule has 2 N–H and O–H groups in total. The summed E-state index contributed by atoms with van der Waals surface area (Å²) in [6.45, 7) is 3.48. The van der Waals surface area contributed by atoms with Crippen LogP contribution in [0.2, 0.25) is 0 Å². The van der Waals surface area contributed by atoms with Crippen molar-refractivity contribution in [3.05, 3.63) is 125 Å². The second-order valence-electron chi connectivity index (χ2n) is 12.4. The molecular weight excluding hydrogens is 627 g/mol. The first-order chi connectivity index (χ1) is 22.2. The molecule has 4 aromatic rings. The van der Waals surface area contributed by atoms with Gasteiger partial charge in [0, 0.05) is 24.3 Å². The largest absolute Gasteiger partial charge is 0.488 e. The van der Waals surface area contributed by atoms with E-state index in [9.17, 15) is 9.59 Å². The highest BCUT2D eigenvalue weighted by atomic mass is 31.1. The lowest BCUT2D eigenvalue weighted by Gasteiger charge is -2.40. The minimum Gasteiger partial charge on any atom is -0.488 e. The van der Waals surface area contributed by atoms with Gasteiger partial charge in [0.25, 0.3) is 5.91 Å². The Morgan fingerprint density at radius 2 is 1.41 bits per heavy atom. The van der Waals surface area contributed by atoms with Crippen molar-refractivity contribution in [3.8, 4) is 16.9 Å². The Labute approximate surface area is 279 Å². The van der Waals surface area contributed by atoms with Crippen LogP contribution in [-0.4, -0.2) is 53.6 Å². The molecule has 1 aliphatic heterocycles. The maximum atomic E-state index is 14.1. The Morgan fingerprint density at radius 3 is 2.09 bits per heavy atom. The minimum atomic E-state index is -0.722. The van der Waals surface area contributed by atoms with Crippen molar-refractivity contribution in [2.45, 2.75) is 42.0 Å². The summed E-state index contributed by atoms with van der Waals surface area (Å²) in [5, 5.41) is 6.44. The van der Waals surface area contributed by atoms with Crippen molar-refractivity contribution < 1.29 is 14.3 Å². The van der Waals surface area contributed by atoms with Crippen molar-refractivity contribution in [3.63, 3.8) is 0 Å². The quantitative estimate of drug-likeness (QED) is 0.131. The van der Waals surface area contributed by atoms with Crippen molar-refractivity contribution in [1.82, 2.24) is 15.5 Å². The highest BCUT2D eigenvalue weighted by molar-refractivity contribution is 7.57. The normalized spacial score (nSPS) is 15.4. The van der Waals surface area contributed by atoms with Gasteiger partial charge >= 0.3 is 0 Å². The number of carbonyl (C=O) groups is 2. The Morgan fingerprint density at radius 1 is 0.804 bits per heavy atom. The number of fused-ring (bicyclic) bond motifs is 3. The van der Waals surface area contributed by atoms with E-state index in [4.69, 9.17) is 4.74 Å². The van der Waals surface area contributed by atoms with E-state index >= 15 is 0 Å². The number of benzene rings is 4. The first kappa shape index (κ1) is 32.8. The second-order valence-corrected chi connectivity index (χ2v) is 17.7. The molecule has 0 aromatic heterocycles. The molecule has 4 aromatic carbocycles. The number of likely N-dealkylation sites (tertiary alicyclic amines) is 1. The van der Waals surface area contributed by atoms with Gasteiger partial charge in [-0.1, -0.05) is 97.4 Å². The average Bonchev–Trinajstić information content (AvgIpc) is 3.34. The van der Waals surface area contributed by atoms with Crippen LogP contribution in [0.1, 0.15) is 46.3 Å². The highest BCUT2D eigenvalue weighted by Gasteiger charge is 2.48. The number of amides is 2. The number of nitrogens with one attached hydrogen (secondary N) is 2. The van der Waals surface area contributed by atoms with Gasteiger partial charge in [-0.3, -0.25) is 14.5 Å². The molecule has 3 unspecified atom stereocenters. The highest BCUT2D eigenvalue weighted by Crippen LogP contribution is 2.51. The summed E-state index contributed by atoms with van der Waals surface area (Å²) in [7, 11) is 8.28. The van der Waals surface area contributed by atoms with Gasteiger partial charge in [0.05, 0.1) is 11.6 Å². The lowest BCUT2D eigenvalue weighted by molar-refractivity contribution is -0.125. The fraction of sp³-hybridized carbons (Fsp3) is 0.297. The number of hydrogen-bond donors (Lipinski definition) is 2. The second kappa shape index (κ2) is 14.3. The number of para-hydroxylation sites is 1. The van der Waals surface area contributed by atoms with Gasteiger partial charge in [0.15, 0.2) is 0 Å². The van der Waals surface area contributed by atoms with Crippen molar-refractivity contribution >= 4 is 39.5 Å². The predicted molar refractivity (Wildman–Crippen MR) is 196 cm³/mol. The average molecular weight is 670 g/mol. The molecule has 0 bridgehead atoms. The van der Waals surface area contributed by atoms with E-state index in [-0.39, 0.29) is 22.5 Å². The van der Waals surface area contributed by atoms with Gasteiger partial charge in [0.1, 0.15) is 17.8 Å². The first-order valence-corrected chi connectivity index (χ1v) is 17.6. The van der Waals surface area contributed by atoms with Gasteiger partial charge in [-0.05, 0) is 59.3 Å². The Balaban J connectivity index is 1.04. The molecule has 3 atom stereocenters. The number of carbonyl (C=O) groups excluding carboxylic acids is 2. The number of ether oxygens (including phenoxy) is 1. The third kappa shape index (κ3) is 7.22. The SMILES string of the molecule is O=C(NC1CN(CCCCC2(C(=O)NCC(P)(P)P)c3ccccc3-c3ccccc32)C1)c1ccccc1OCc1ccccc1. The summed E-state index contributed by atoms with van der Waals surface area (Å²) in [5.41, 5.74) is 5.37. The summed E-state index contributed by atoms with van der Waals surface area (Å²) in [6.07, 6.45) is 2.61. The van der Waals surface area contributed by atoms with Gasteiger partial charge in [-0.15, -0.1) is 27.7 Å². The molecule has 0 spiro atoms. The third-order valence-electron chi connectivity index (χ3n) is 8.94. The van der Waals surface area contributed by atoms with Gasteiger partial charge in [-0.25, -0.2) is 0 Å². The predicted octanol–water partition coefficient (Wildman–Crippen LogP) is 6.21. The lowest BCUT2D eigenvalue weighted by Crippen LogP contribution is -2.59. The zero-order valence-corrected chi connectivity index (χ0v) is 29.4.